The van der Waals surface area contributed by atoms with Crippen LogP contribution in [0.5, 0.6) is 0 Å². The summed E-state index contributed by atoms with van der Waals surface area (Å²) >= 11 is 0. The van der Waals surface area contributed by atoms with Crippen molar-refractivity contribution in [3.8, 4) is 22.3 Å². The average molecular weight is 313 g/mol. The van der Waals surface area contributed by atoms with Gasteiger partial charge in [-0.3, -0.25) is 0 Å². The minimum absolute atomic E-state index is 1.00. The van der Waals surface area contributed by atoms with Gasteiger partial charge in [-0.15, -0.1) is 0 Å². The Morgan fingerprint density at radius 1 is 0.667 bits per heavy atom. The van der Waals surface area contributed by atoms with Gasteiger partial charge in [-0.2, -0.15) is 0 Å². The van der Waals surface area contributed by atoms with Crippen LogP contribution in [0, 0.1) is 33.8 Å². The fraction of sp³-hybridized carbons (Fsp3) is 0.250. The Bertz CT molecular complexity index is 850. The van der Waals surface area contributed by atoms with Crippen LogP contribution in [0.4, 0.5) is 0 Å². The molecule has 0 saturated carbocycles. The van der Waals surface area contributed by atoms with E-state index in [1.54, 1.807) is 0 Å². The molecule has 3 aromatic carbocycles. The first-order valence-corrected chi connectivity index (χ1v) is 8.70. The van der Waals surface area contributed by atoms with Gasteiger partial charge in [-0.05, 0) is 79.1 Å². The van der Waals surface area contributed by atoms with E-state index < -0.39 is 0 Å². The summed E-state index contributed by atoms with van der Waals surface area (Å²) in [5, 5.41) is 0. The van der Waals surface area contributed by atoms with Gasteiger partial charge in [0, 0.05) is 0 Å². The molecule has 0 aromatic heterocycles. The monoisotopic (exact) mass is 313 g/mol. The standard InChI is InChI=1S/C24H25/c1-6-20-15-23(21-11-7-16(2)8-12-21)19(5)24(18(20)4)22-13-9-17(3)10-14-22/h7-14H,6H2,1-5H3. The summed E-state index contributed by atoms with van der Waals surface area (Å²) in [5.74, 6) is 0. The predicted molar refractivity (Wildman–Crippen MR) is 104 cm³/mol. The average Bonchev–Trinajstić information content (AvgIpc) is 2.58. The molecule has 3 rings (SSSR count). The van der Waals surface area contributed by atoms with E-state index in [-0.39, 0.29) is 0 Å². The summed E-state index contributed by atoms with van der Waals surface area (Å²) in [5.41, 5.74) is 11.7. The smallest absolute Gasteiger partial charge is 0.00584 e. The highest BCUT2D eigenvalue weighted by Crippen LogP contribution is 2.36. The van der Waals surface area contributed by atoms with E-state index in [4.69, 9.17) is 0 Å². The summed E-state index contributed by atoms with van der Waals surface area (Å²) in [6, 6.07) is 21.3. The highest BCUT2D eigenvalue weighted by molar-refractivity contribution is 5.81. The summed E-state index contributed by atoms with van der Waals surface area (Å²) in [6.45, 7) is 10.9. The maximum Gasteiger partial charge on any atom is -0.00584 e. The van der Waals surface area contributed by atoms with E-state index in [1.165, 1.54) is 50.1 Å². The molecule has 0 bridgehead atoms. The number of benzene rings is 3. The summed E-state index contributed by atoms with van der Waals surface area (Å²) in [6.07, 6.45) is 1.00. The van der Waals surface area contributed by atoms with E-state index in [0.717, 1.165) is 6.42 Å². The van der Waals surface area contributed by atoms with Gasteiger partial charge in [0.25, 0.3) is 0 Å². The largest absolute Gasteiger partial charge is 0.0613 e. The van der Waals surface area contributed by atoms with E-state index in [9.17, 15) is 0 Å². The van der Waals surface area contributed by atoms with E-state index in [1.807, 2.05) is 0 Å². The molecule has 0 aliphatic heterocycles. The second kappa shape index (κ2) is 6.65. The third-order valence-electron chi connectivity index (χ3n) is 4.89. The third-order valence-corrected chi connectivity index (χ3v) is 4.89. The van der Waals surface area contributed by atoms with Crippen LogP contribution >= 0.6 is 0 Å². The minimum atomic E-state index is 1.00. The van der Waals surface area contributed by atoms with Gasteiger partial charge in [0.1, 0.15) is 0 Å². The lowest BCUT2D eigenvalue weighted by Gasteiger charge is -2.18. The summed E-state index contributed by atoms with van der Waals surface area (Å²) in [7, 11) is 0. The van der Waals surface area contributed by atoms with Crippen LogP contribution < -0.4 is 0 Å². The maximum absolute atomic E-state index is 3.69. The number of rotatable bonds is 3. The Kier molecular flexibility index (Phi) is 4.57. The molecule has 0 heteroatoms. The van der Waals surface area contributed by atoms with Gasteiger partial charge in [-0.1, -0.05) is 66.6 Å². The van der Waals surface area contributed by atoms with Gasteiger partial charge in [0.15, 0.2) is 0 Å². The normalized spacial score (nSPS) is 10.9. The molecule has 0 nitrogen and oxygen atoms in total. The zero-order valence-electron chi connectivity index (χ0n) is 15.3. The minimum Gasteiger partial charge on any atom is -0.0613 e. The molecule has 0 heterocycles. The molecule has 0 fully saturated rings. The van der Waals surface area contributed by atoms with Crippen LogP contribution in [0.25, 0.3) is 22.3 Å². The second-order valence-corrected chi connectivity index (χ2v) is 6.69. The summed E-state index contributed by atoms with van der Waals surface area (Å²) < 4.78 is 0. The SMILES string of the molecule is CCc1[c]c(-c2ccc(C)cc2)c(C)c(-c2ccc(C)cc2)c1C. The first-order chi connectivity index (χ1) is 11.5. The molecule has 0 saturated heterocycles. The Balaban J connectivity index is 2.26. The van der Waals surface area contributed by atoms with Gasteiger partial charge >= 0.3 is 0 Å². The molecule has 1 radical (unpaired) electrons. The topological polar surface area (TPSA) is 0 Å². The van der Waals surface area contributed by atoms with Gasteiger partial charge in [0.05, 0.1) is 0 Å². The van der Waals surface area contributed by atoms with Crippen molar-refractivity contribution in [1.82, 2.24) is 0 Å². The molecule has 3 aromatic rings. The van der Waals surface area contributed by atoms with Gasteiger partial charge < -0.3 is 0 Å². The van der Waals surface area contributed by atoms with Crippen molar-refractivity contribution in [2.75, 3.05) is 0 Å². The van der Waals surface area contributed by atoms with Crippen LogP contribution in [0.2, 0.25) is 0 Å². The molecule has 0 N–H and O–H groups in total. The Labute approximate surface area is 146 Å². The predicted octanol–water partition coefficient (Wildman–Crippen LogP) is 6.62. The van der Waals surface area contributed by atoms with Crippen molar-refractivity contribution in [3.63, 3.8) is 0 Å². The molecule has 0 aliphatic carbocycles. The van der Waals surface area contributed by atoms with Crippen molar-refractivity contribution in [3.05, 3.63) is 82.4 Å². The Morgan fingerprint density at radius 2 is 1.17 bits per heavy atom. The molecule has 24 heavy (non-hydrogen) atoms. The molecule has 0 atom stereocenters. The lowest BCUT2D eigenvalue weighted by atomic mass is 9.85. The number of hydrogen-bond donors (Lipinski definition) is 0. The van der Waals surface area contributed by atoms with E-state index in [0.29, 0.717) is 0 Å². The fourth-order valence-electron chi connectivity index (χ4n) is 3.41. The van der Waals surface area contributed by atoms with Crippen molar-refractivity contribution >= 4 is 0 Å². The van der Waals surface area contributed by atoms with Crippen molar-refractivity contribution in [2.45, 2.75) is 41.0 Å². The quantitative estimate of drug-likeness (QED) is 0.510. The molecule has 0 spiro atoms. The Hall–Kier alpha value is -2.34. The lowest BCUT2D eigenvalue weighted by Crippen LogP contribution is -1.98. The fourth-order valence-corrected chi connectivity index (χ4v) is 3.41. The zero-order chi connectivity index (χ0) is 17.3. The molecular formula is C24H25. The first-order valence-electron chi connectivity index (χ1n) is 8.70. The molecule has 121 valence electrons. The van der Waals surface area contributed by atoms with Crippen molar-refractivity contribution in [2.24, 2.45) is 0 Å². The first kappa shape index (κ1) is 16.5. The summed E-state index contributed by atoms with van der Waals surface area (Å²) in [4.78, 5) is 0. The molecule has 0 aliphatic rings. The number of hydrogen-bond acceptors (Lipinski definition) is 0. The number of aryl methyl sites for hydroxylation is 3. The molecular weight excluding hydrogens is 288 g/mol. The Morgan fingerprint density at radius 3 is 1.67 bits per heavy atom. The van der Waals surface area contributed by atoms with Crippen LogP contribution in [0.3, 0.4) is 0 Å². The van der Waals surface area contributed by atoms with Crippen molar-refractivity contribution < 1.29 is 0 Å². The molecule has 0 unspecified atom stereocenters. The second-order valence-electron chi connectivity index (χ2n) is 6.69. The lowest BCUT2D eigenvalue weighted by molar-refractivity contribution is 1.10. The van der Waals surface area contributed by atoms with Crippen molar-refractivity contribution in [1.29, 1.82) is 0 Å². The van der Waals surface area contributed by atoms with Crippen LogP contribution in [0.15, 0.2) is 48.5 Å². The molecule has 0 amide bonds. The van der Waals surface area contributed by atoms with Gasteiger partial charge in [-0.25, -0.2) is 0 Å². The van der Waals surface area contributed by atoms with E-state index in [2.05, 4.69) is 89.2 Å². The van der Waals surface area contributed by atoms with Crippen LogP contribution in [-0.4, -0.2) is 0 Å². The van der Waals surface area contributed by atoms with Gasteiger partial charge in [0.2, 0.25) is 0 Å². The third kappa shape index (κ3) is 3.01. The highest BCUT2D eigenvalue weighted by atomic mass is 14.2. The highest BCUT2D eigenvalue weighted by Gasteiger charge is 2.15. The van der Waals surface area contributed by atoms with E-state index >= 15 is 0 Å². The zero-order valence-corrected chi connectivity index (χ0v) is 15.3. The van der Waals surface area contributed by atoms with Crippen LogP contribution in [0.1, 0.15) is 34.7 Å². The van der Waals surface area contributed by atoms with Crippen LogP contribution in [-0.2, 0) is 6.42 Å². The maximum atomic E-state index is 3.69.